The fourth-order valence-corrected chi connectivity index (χ4v) is 4.53. The molecule has 0 unspecified atom stereocenters. The van der Waals surface area contributed by atoms with Gasteiger partial charge in [-0.3, -0.25) is 9.78 Å². The second-order valence-electron chi connectivity index (χ2n) is 8.16. The van der Waals surface area contributed by atoms with Crippen molar-refractivity contribution in [2.75, 3.05) is 23.7 Å². The maximum absolute atomic E-state index is 13.2. The number of nitrogen functional groups attached to an aromatic ring is 1. The first kappa shape index (κ1) is 22.8. The number of piperidine rings is 1. The summed E-state index contributed by atoms with van der Waals surface area (Å²) in [7, 11) is -3.79. The van der Waals surface area contributed by atoms with Crippen molar-refractivity contribution in [1.82, 2.24) is 9.97 Å². The van der Waals surface area contributed by atoms with Crippen LogP contribution in [0.1, 0.15) is 28.9 Å². The highest BCUT2D eigenvalue weighted by molar-refractivity contribution is 7.89. The van der Waals surface area contributed by atoms with Crippen molar-refractivity contribution >= 4 is 27.2 Å². The molecule has 1 saturated heterocycles. The summed E-state index contributed by atoms with van der Waals surface area (Å²) in [6.45, 7) is 1.61. The summed E-state index contributed by atoms with van der Waals surface area (Å²) in [6.07, 6.45) is 5.49. The largest absolute Gasteiger partial charge is 0.397 e. The number of hydrogen-bond acceptors (Lipinski definition) is 8. The van der Waals surface area contributed by atoms with E-state index in [0.717, 1.165) is 37.2 Å². The number of Topliss-reactive ketones (excluding diaryl/α,β-unsaturated/α-hetero) is 1. The lowest BCUT2D eigenvalue weighted by Gasteiger charge is -2.33. The van der Waals surface area contributed by atoms with Gasteiger partial charge >= 0.3 is 0 Å². The maximum Gasteiger partial charge on any atom is 0.238 e. The molecule has 1 fully saturated rings. The van der Waals surface area contributed by atoms with Gasteiger partial charge in [-0.2, -0.15) is 0 Å². The Labute approximate surface area is 192 Å². The summed E-state index contributed by atoms with van der Waals surface area (Å²) in [5, 5.41) is 5.16. The van der Waals surface area contributed by atoms with Crippen molar-refractivity contribution in [2.24, 2.45) is 10.9 Å². The summed E-state index contributed by atoms with van der Waals surface area (Å²) in [5.74, 6) is -0.230. The van der Waals surface area contributed by atoms with Crippen molar-refractivity contribution < 1.29 is 13.2 Å². The molecule has 4 rings (SSSR count). The number of pyridine rings is 2. The fraction of sp³-hybridized carbons (Fsp3) is 0.261. The van der Waals surface area contributed by atoms with Gasteiger partial charge in [-0.25, -0.2) is 18.5 Å². The third-order valence-corrected chi connectivity index (χ3v) is 6.63. The Morgan fingerprint density at radius 3 is 2.58 bits per heavy atom. The van der Waals surface area contributed by atoms with Gasteiger partial charge in [0.15, 0.2) is 5.78 Å². The van der Waals surface area contributed by atoms with E-state index in [1.165, 1.54) is 12.1 Å². The van der Waals surface area contributed by atoms with Crippen LogP contribution >= 0.6 is 0 Å². The minimum absolute atomic E-state index is 0.000432. The van der Waals surface area contributed by atoms with E-state index in [-0.39, 0.29) is 34.5 Å². The molecule has 10 heteroatoms. The minimum Gasteiger partial charge on any atom is -0.397 e. The molecule has 33 heavy (non-hydrogen) atoms. The number of rotatable bonds is 6. The van der Waals surface area contributed by atoms with Crippen LogP contribution in [0.3, 0.4) is 0 Å². The molecule has 0 radical (unpaired) electrons. The van der Waals surface area contributed by atoms with Crippen LogP contribution in [0.2, 0.25) is 0 Å². The van der Waals surface area contributed by atoms with E-state index in [1.807, 2.05) is 6.07 Å². The molecule has 9 nitrogen and oxygen atoms in total. The summed E-state index contributed by atoms with van der Waals surface area (Å²) < 4.78 is 23.0. The number of aromatic nitrogens is 2. The van der Waals surface area contributed by atoms with E-state index < -0.39 is 10.0 Å². The lowest BCUT2D eigenvalue weighted by molar-refractivity contribution is 0.0989. The summed E-state index contributed by atoms with van der Waals surface area (Å²) >= 11 is 0. The third-order valence-electron chi connectivity index (χ3n) is 5.70. The molecule has 0 saturated carbocycles. The number of nitrogens with two attached hydrogens (primary N) is 3. The quantitative estimate of drug-likeness (QED) is 0.463. The van der Waals surface area contributed by atoms with Crippen molar-refractivity contribution in [3.05, 3.63) is 66.1 Å². The Balaban J connectivity index is 1.60. The zero-order chi connectivity index (χ0) is 23.6. The molecule has 1 aliphatic rings. The average Bonchev–Trinajstić information content (AvgIpc) is 2.79. The van der Waals surface area contributed by atoms with Gasteiger partial charge in [-0.15, -0.1) is 0 Å². The second-order valence-corrected chi connectivity index (χ2v) is 9.72. The molecule has 1 aliphatic heterocycles. The number of ketones is 1. The van der Waals surface area contributed by atoms with Gasteiger partial charge in [0.05, 0.1) is 16.3 Å². The number of primary sulfonamides is 1. The van der Waals surface area contributed by atoms with Crippen LogP contribution in [-0.4, -0.2) is 43.3 Å². The van der Waals surface area contributed by atoms with Crippen LogP contribution in [0.5, 0.6) is 0 Å². The number of hydrogen-bond donors (Lipinski definition) is 3. The standard InChI is InChI=1S/C23H26N6O3S/c24-17-2-1-11-29(14-17)21-9-10-27-13-16(21)12-22(30)23-19(25)7-8-20(28-23)15-3-5-18(6-4-15)33(26,31)32/h3-10,13,17H,1-2,11-12,14,24-25H2,(H2,26,31,32)/t17-/m0/s1. The first-order valence-corrected chi connectivity index (χ1v) is 12.1. The van der Waals surface area contributed by atoms with Gasteiger partial charge in [0.1, 0.15) is 5.69 Å². The highest BCUT2D eigenvalue weighted by atomic mass is 32.2. The number of sulfonamides is 1. The van der Waals surface area contributed by atoms with Crippen LogP contribution in [0.4, 0.5) is 11.4 Å². The van der Waals surface area contributed by atoms with Crippen molar-refractivity contribution in [2.45, 2.75) is 30.2 Å². The fourth-order valence-electron chi connectivity index (χ4n) is 4.02. The molecule has 0 aliphatic carbocycles. The van der Waals surface area contributed by atoms with Gasteiger partial charge in [0.25, 0.3) is 0 Å². The van der Waals surface area contributed by atoms with E-state index in [1.54, 1.807) is 36.7 Å². The van der Waals surface area contributed by atoms with Gasteiger partial charge in [0.2, 0.25) is 10.0 Å². The van der Waals surface area contributed by atoms with Crippen LogP contribution in [0, 0.1) is 0 Å². The normalized spacial score (nSPS) is 16.5. The number of carbonyl (C=O) groups is 1. The molecule has 0 spiro atoms. The van der Waals surface area contributed by atoms with E-state index >= 15 is 0 Å². The zero-order valence-electron chi connectivity index (χ0n) is 18.0. The predicted molar refractivity (Wildman–Crippen MR) is 127 cm³/mol. The molecule has 0 bridgehead atoms. The predicted octanol–water partition coefficient (Wildman–Crippen LogP) is 1.73. The van der Waals surface area contributed by atoms with Gasteiger partial charge < -0.3 is 16.4 Å². The van der Waals surface area contributed by atoms with Gasteiger partial charge in [-0.1, -0.05) is 12.1 Å². The Kier molecular flexibility index (Phi) is 6.41. The van der Waals surface area contributed by atoms with Crippen LogP contribution in [0.25, 0.3) is 11.3 Å². The number of benzene rings is 1. The monoisotopic (exact) mass is 466 g/mol. The Hall–Kier alpha value is -3.34. The molecular weight excluding hydrogens is 440 g/mol. The molecule has 3 heterocycles. The highest BCUT2D eigenvalue weighted by Crippen LogP contribution is 2.26. The van der Waals surface area contributed by atoms with Crippen LogP contribution in [0.15, 0.2) is 59.8 Å². The van der Waals surface area contributed by atoms with E-state index in [2.05, 4.69) is 14.9 Å². The number of nitrogens with zero attached hydrogens (tertiary/aromatic N) is 3. The zero-order valence-corrected chi connectivity index (χ0v) is 18.8. The van der Waals surface area contributed by atoms with Crippen LogP contribution in [-0.2, 0) is 16.4 Å². The molecular formula is C23H26N6O3S. The topological polar surface area (TPSA) is 158 Å². The van der Waals surface area contributed by atoms with Crippen molar-refractivity contribution in [3.8, 4) is 11.3 Å². The van der Waals surface area contributed by atoms with E-state index in [9.17, 15) is 13.2 Å². The van der Waals surface area contributed by atoms with E-state index in [0.29, 0.717) is 11.3 Å². The first-order chi connectivity index (χ1) is 15.7. The maximum atomic E-state index is 13.2. The lowest BCUT2D eigenvalue weighted by atomic mass is 10.0. The summed E-state index contributed by atoms with van der Waals surface area (Å²) in [5.41, 5.74) is 15.5. The first-order valence-electron chi connectivity index (χ1n) is 10.6. The Morgan fingerprint density at radius 1 is 1.12 bits per heavy atom. The second kappa shape index (κ2) is 9.26. The molecule has 1 atom stereocenters. The SMILES string of the molecule is Nc1ccc(-c2ccc(S(N)(=O)=O)cc2)nc1C(=O)Cc1cnccc1N1CCC[C@H](N)C1. The minimum atomic E-state index is -3.79. The average molecular weight is 467 g/mol. The van der Waals surface area contributed by atoms with Crippen molar-refractivity contribution in [1.29, 1.82) is 0 Å². The molecule has 1 aromatic carbocycles. The summed E-state index contributed by atoms with van der Waals surface area (Å²) in [6, 6.07) is 11.3. The van der Waals surface area contributed by atoms with Crippen LogP contribution < -0.4 is 21.5 Å². The lowest BCUT2D eigenvalue weighted by Crippen LogP contribution is -2.43. The highest BCUT2D eigenvalue weighted by Gasteiger charge is 2.22. The molecule has 2 aromatic heterocycles. The number of carbonyl (C=O) groups excluding carboxylic acids is 1. The molecule has 6 N–H and O–H groups in total. The van der Waals surface area contributed by atoms with Gasteiger partial charge in [-0.05, 0) is 43.2 Å². The van der Waals surface area contributed by atoms with E-state index in [4.69, 9.17) is 16.6 Å². The molecule has 0 amide bonds. The number of anilines is 2. The van der Waals surface area contributed by atoms with Gasteiger partial charge in [0, 0.05) is 54.8 Å². The molecule has 3 aromatic rings. The van der Waals surface area contributed by atoms with Crippen molar-refractivity contribution in [3.63, 3.8) is 0 Å². The Bertz CT molecular complexity index is 1280. The Morgan fingerprint density at radius 2 is 1.88 bits per heavy atom. The summed E-state index contributed by atoms with van der Waals surface area (Å²) in [4.78, 5) is 24.1. The third kappa shape index (κ3) is 5.19. The molecule has 172 valence electrons. The smallest absolute Gasteiger partial charge is 0.238 e.